The van der Waals surface area contributed by atoms with Crippen molar-refractivity contribution in [1.82, 2.24) is 10.6 Å². The third-order valence-corrected chi connectivity index (χ3v) is 6.35. The Morgan fingerprint density at radius 1 is 1.14 bits per heavy atom. The average molecular weight is 417 g/mol. The highest BCUT2D eigenvalue weighted by Crippen LogP contribution is 2.17. The fourth-order valence-electron chi connectivity index (χ4n) is 3.13. The molecule has 0 spiro atoms. The summed E-state index contributed by atoms with van der Waals surface area (Å²) in [6, 6.07) is 13.0. The van der Waals surface area contributed by atoms with Gasteiger partial charge in [-0.1, -0.05) is 24.3 Å². The first-order valence-corrected chi connectivity index (χ1v) is 11.0. The number of methoxy groups -OCH3 is 1. The number of ether oxygens (including phenoxy) is 1. The summed E-state index contributed by atoms with van der Waals surface area (Å²) >= 11 is 0. The molecular weight excluding hydrogens is 394 g/mol. The van der Waals surface area contributed by atoms with Gasteiger partial charge in [-0.05, 0) is 30.7 Å². The minimum Gasteiger partial charge on any atom is -0.496 e. The standard InChI is InChI=1S/C20H23N3O5S/c1-28-18-8-3-2-5-15(18)12-21-19(24)14-6-4-7-16(11-14)22-20(25)23-17-9-10-29(26,27)13-17/h2-8,11,17H,9-10,12-13H2,1H3,(H,21,24)(H2,22,23,25)/t17-/m0/s1. The smallest absolute Gasteiger partial charge is 0.319 e. The van der Waals surface area contributed by atoms with Crippen molar-refractivity contribution in [3.8, 4) is 5.75 Å². The monoisotopic (exact) mass is 417 g/mol. The van der Waals surface area contributed by atoms with Crippen LogP contribution in [0.1, 0.15) is 22.3 Å². The first kappa shape index (κ1) is 20.7. The van der Waals surface area contributed by atoms with E-state index in [9.17, 15) is 18.0 Å². The Labute approximate surface area is 169 Å². The van der Waals surface area contributed by atoms with Crippen molar-refractivity contribution in [3.05, 3.63) is 59.7 Å². The Balaban J connectivity index is 1.57. The van der Waals surface area contributed by atoms with Gasteiger partial charge < -0.3 is 20.7 Å². The van der Waals surface area contributed by atoms with Crippen LogP contribution in [-0.2, 0) is 16.4 Å². The molecule has 3 N–H and O–H groups in total. The maximum absolute atomic E-state index is 12.5. The second-order valence-electron chi connectivity index (χ2n) is 6.77. The maximum Gasteiger partial charge on any atom is 0.319 e. The van der Waals surface area contributed by atoms with Crippen LogP contribution in [0.25, 0.3) is 0 Å². The van der Waals surface area contributed by atoms with Gasteiger partial charge in [-0.25, -0.2) is 13.2 Å². The molecule has 8 nitrogen and oxygen atoms in total. The van der Waals surface area contributed by atoms with Crippen LogP contribution < -0.4 is 20.7 Å². The van der Waals surface area contributed by atoms with Crippen LogP contribution in [0.3, 0.4) is 0 Å². The van der Waals surface area contributed by atoms with Crippen LogP contribution in [0.5, 0.6) is 5.75 Å². The number of amides is 3. The molecule has 2 aromatic rings. The Hall–Kier alpha value is -3.07. The lowest BCUT2D eigenvalue weighted by atomic mass is 10.1. The summed E-state index contributed by atoms with van der Waals surface area (Å²) in [6.45, 7) is 0.303. The number of urea groups is 1. The van der Waals surface area contributed by atoms with E-state index in [2.05, 4.69) is 16.0 Å². The molecular formula is C20H23N3O5S. The van der Waals surface area contributed by atoms with E-state index in [-0.39, 0.29) is 17.4 Å². The SMILES string of the molecule is COc1ccccc1CNC(=O)c1cccc(NC(=O)N[C@H]2CCS(=O)(=O)C2)c1. The largest absolute Gasteiger partial charge is 0.496 e. The lowest BCUT2D eigenvalue weighted by molar-refractivity contribution is 0.0950. The molecule has 1 fully saturated rings. The van der Waals surface area contributed by atoms with Crippen LogP contribution in [0.15, 0.2) is 48.5 Å². The van der Waals surface area contributed by atoms with Gasteiger partial charge >= 0.3 is 6.03 Å². The van der Waals surface area contributed by atoms with Crippen LogP contribution in [0, 0.1) is 0 Å². The summed E-state index contributed by atoms with van der Waals surface area (Å²) in [4.78, 5) is 24.6. The average Bonchev–Trinajstić information content (AvgIpc) is 3.04. The number of benzene rings is 2. The van der Waals surface area contributed by atoms with Crippen molar-refractivity contribution in [1.29, 1.82) is 0 Å². The maximum atomic E-state index is 12.5. The van der Waals surface area contributed by atoms with E-state index in [0.717, 1.165) is 5.56 Å². The van der Waals surface area contributed by atoms with Crippen molar-refractivity contribution in [2.75, 3.05) is 23.9 Å². The highest BCUT2D eigenvalue weighted by atomic mass is 32.2. The molecule has 9 heteroatoms. The first-order chi connectivity index (χ1) is 13.9. The van der Waals surface area contributed by atoms with Gasteiger partial charge in [0.1, 0.15) is 5.75 Å². The number of para-hydroxylation sites is 1. The Bertz CT molecular complexity index is 1010. The number of carbonyl (C=O) groups excluding carboxylic acids is 2. The molecule has 1 aliphatic rings. The minimum absolute atomic E-state index is 0.0498. The predicted molar refractivity (Wildman–Crippen MR) is 110 cm³/mol. The van der Waals surface area contributed by atoms with Crippen molar-refractivity contribution in [2.24, 2.45) is 0 Å². The zero-order chi connectivity index (χ0) is 20.9. The van der Waals surface area contributed by atoms with E-state index in [1.165, 1.54) is 0 Å². The van der Waals surface area contributed by atoms with E-state index in [0.29, 0.717) is 30.0 Å². The molecule has 3 amide bonds. The molecule has 0 bridgehead atoms. The number of hydrogen-bond acceptors (Lipinski definition) is 5. The second-order valence-corrected chi connectivity index (χ2v) is 9.00. The van der Waals surface area contributed by atoms with Gasteiger partial charge in [0, 0.05) is 29.4 Å². The topological polar surface area (TPSA) is 114 Å². The molecule has 2 aromatic carbocycles. The molecule has 0 saturated carbocycles. The van der Waals surface area contributed by atoms with Crippen LogP contribution in [-0.4, -0.2) is 45.0 Å². The van der Waals surface area contributed by atoms with Crippen molar-refractivity contribution < 1.29 is 22.7 Å². The molecule has 1 saturated heterocycles. The third kappa shape index (κ3) is 5.71. The van der Waals surface area contributed by atoms with Crippen molar-refractivity contribution in [3.63, 3.8) is 0 Å². The molecule has 0 radical (unpaired) electrons. The van der Waals surface area contributed by atoms with Gasteiger partial charge in [0.2, 0.25) is 0 Å². The van der Waals surface area contributed by atoms with Crippen LogP contribution in [0.2, 0.25) is 0 Å². The van der Waals surface area contributed by atoms with E-state index in [1.54, 1.807) is 31.4 Å². The van der Waals surface area contributed by atoms with Gasteiger partial charge in [0.25, 0.3) is 5.91 Å². The molecule has 29 heavy (non-hydrogen) atoms. The van der Waals surface area contributed by atoms with Gasteiger partial charge in [0.05, 0.1) is 18.6 Å². The molecule has 0 unspecified atom stereocenters. The highest BCUT2D eigenvalue weighted by Gasteiger charge is 2.28. The van der Waals surface area contributed by atoms with E-state index >= 15 is 0 Å². The lowest BCUT2D eigenvalue weighted by Gasteiger charge is -2.13. The predicted octanol–water partition coefficient (Wildman–Crippen LogP) is 1.93. The number of hydrogen-bond donors (Lipinski definition) is 3. The normalized spacial score (nSPS) is 17.3. The number of nitrogens with one attached hydrogen (secondary N) is 3. The Morgan fingerprint density at radius 3 is 2.66 bits per heavy atom. The number of anilines is 1. The Morgan fingerprint density at radius 2 is 1.93 bits per heavy atom. The zero-order valence-electron chi connectivity index (χ0n) is 16.0. The van der Waals surface area contributed by atoms with Gasteiger partial charge in [-0.3, -0.25) is 4.79 Å². The number of sulfone groups is 1. The van der Waals surface area contributed by atoms with E-state index in [4.69, 9.17) is 4.74 Å². The summed E-state index contributed by atoms with van der Waals surface area (Å²) in [6.07, 6.45) is 0.404. The van der Waals surface area contributed by atoms with Gasteiger partial charge in [-0.15, -0.1) is 0 Å². The summed E-state index contributed by atoms with van der Waals surface area (Å²) in [5.41, 5.74) is 1.68. The van der Waals surface area contributed by atoms with E-state index in [1.807, 2.05) is 24.3 Å². The molecule has 0 aromatic heterocycles. The lowest BCUT2D eigenvalue weighted by Crippen LogP contribution is -2.38. The fourth-order valence-corrected chi connectivity index (χ4v) is 4.80. The summed E-state index contributed by atoms with van der Waals surface area (Å²) in [5.74, 6) is 0.432. The number of rotatable bonds is 6. The van der Waals surface area contributed by atoms with Gasteiger partial charge in [-0.2, -0.15) is 0 Å². The van der Waals surface area contributed by atoms with Crippen molar-refractivity contribution >= 4 is 27.5 Å². The highest BCUT2D eigenvalue weighted by molar-refractivity contribution is 7.91. The van der Waals surface area contributed by atoms with E-state index < -0.39 is 21.9 Å². The zero-order valence-corrected chi connectivity index (χ0v) is 16.8. The quantitative estimate of drug-likeness (QED) is 0.665. The summed E-state index contributed by atoms with van der Waals surface area (Å²) in [7, 11) is -1.50. The third-order valence-electron chi connectivity index (χ3n) is 4.58. The van der Waals surface area contributed by atoms with Gasteiger partial charge in [0.15, 0.2) is 9.84 Å². The number of carbonyl (C=O) groups is 2. The molecule has 0 aliphatic carbocycles. The summed E-state index contributed by atoms with van der Waals surface area (Å²) in [5, 5.41) is 8.11. The van der Waals surface area contributed by atoms with Crippen LogP contribution >= 0.6 is 0 Å². The molecule has 3 rings (SSSR count). The Kier molecular flexibility index (Phi) is 6.38. The second kappa shape index (κ2) is 8.95. The summed E-state index contributed by atoms with van der Waals surface area (Å²) < 4.78 is 28.2. The minimum atomic E-state index is -3.07. The van der Waals surface area contributed by atoms with Crippen molar-refractivity contribution in [2.45, 2.75) is 19.0 Å². The molecule has 1 heterocycles. The van der Waals surface area contributed by atoms with Crippen LogP contribution in [0.4, 0.5) is 10.5 Å². The molecule has 1 aliphatic heterocycles. The molecule has 1 atom stereocenters. The molecule has 154 valence electrons. The first-order valence-electron chi connectivity index (χ1n) is 9.14. The fraction of sp³-hybridized carbons (Fsp3) is 0.300.